The predicted molar refractivity (Wildman–Crippen MR) is 137 cm³/mol. The van der Waals surface area contributed by atoms with E-state index in [1.165, 1.54) is 16.7 Å². The van der Waals surface area contributed by atoms with E-state index in [0.29, 0.717) is 27.6 Å². The van der Waals surface area contributed by atoms with Gasteiger partial charge in [-0.3, -0.25) is 4.79 Å². The highest BCUT2D eigenvalue weighted by Gasteiger charge is 2.12. The second kappa shape index (κ2) is 8.32. The first kappa shape index (κ1) is 20.4. The summed E-state index contributed by atoms with van der Waals surface area (Å²) in [6.07, 6.45) is 1.88. The van der Waals surface area contributed by atoms with Gasteiger partial charge in [0.25, 0.3) is 5.56 Å². The first-order valence-corrected chi connectivity index (χ1v) is 11.7. The molecule has 0 atom stereocenters. The molecule has 6 heteroatoms. The lowest BCUT2D eigenvalue weighted by atomic mass is 10.1. The number of rotatable bonds is 5. The van der Waals surface area contributed by atoms with Crippen LogP contribution in [0.3, 0.4) is 0 Å². The Hall–Kier alpha value is -4.16. The second-order valence-corrected chi connectivity index (χ2v) is 8.98. The van der Waals surface area contributed by atoms with Crippen molar-refractivity contribution in [3.05, 3.63) is 111 Å². The zero-order chi connectivity index (χ0) is 23.1. The van der Waals surface area contributed by atoms with Gasteiger partial charge in [-0.2, -0.15) is 0 Å². The summed E-state index contributed by atoms with van der Waals surface area (Å²) in [5.41, 5.74) is 3.54. The Kier molecular flexibility index (Phi) is 5.00. The topological polar surface area (TPSA) is 52.8 Å². The highest BCUT2D eigenvalue weighted by Crippen LogP contribution is 2.30. The normalized spacial score (nSPS) is 12.1. The molecule has 0 aliphatic heterocycles. The fourth-order valence-electron chi connectivity index (χ4n) is 4.23. The van der Waals surface area contributed by atoms with E-state index in [4.69, 9.17) is 9.47 Å². The van der Waals surface area contributed by atoms with Gasteiger partial charge in [0.05, 0.1) is 22.7 Å². The SMILES string of the molecule is COc1ccc(/C=c2\sc3nc4ccccc4n3c2=O)cc1OCc1cccc2ccccc12. The van der Waals surface area contributed by atoms with Crippen molar-refractivity contribution in [3.63, 3.8) is 0 Å². The summed E-state index contributed by atoms with van der Waals surface area (Å²) in [5, 5.41) is 2.34. The molecule has 0 saturated heterocycles. The molecule has 34 heavy (non-hydrogen) atoms. The van der Waals surface area contributed by atoms with Crippen LogP contribution in [0.2, 0.25) is 0 Å². The minimum Gasteiger partial charge on any atom is -0.493 e. The van der Waals surface area contributed by atoms with E-state index in [9.17, 15) is 4.79 Å². The van der Waals surface area contributed by atoms with Crippen LogP contribution < -0.4 is 19.6 Å². The Morgan fingerprint density at radius 3 is 2.68 bits per heavy atom. The third-order valence-electron chi connectivity index (χ3n) is 5.89. The molecule has 0 aliphatic rings. The first-order chi connectivity index (χ1) is 16.7. The summed E-state index contributed by atoms with van der Waals surface area (Å²) < 4.78 is 14.0. The van der Waals surface area contributed by atoms with E-state index >= 15 is 0 Å². The lowest BCUT2D eigenvalue weighted by molar-refractivity contribution is 0.285. The molecular weight excluding hydrogens is 444 g/mol. The molecule has 0 aliphatic carbocycles. The summed E-state index contributed by atoms with van der Waals surface area (Å²) in [6.45, 7) is 0.410. The number of ether oxygens (including phenoxy) is 2. The van der Waals surface area contributed by atoms with Crippen LogP contribution in [-0.4, -0.2) is 16.5 Å². The number of para-hydroxylation sites is 2. The van der Waals surface area contributed by atoms with Crippen LogP contribution in [0.1, 0.15) is 11.1 Å². The highest BCUT2D eigenvalue weighted by molar-refractivity contribution is 7.15. The molecule has 4 aromatic carbocycles. The average Bonchev–Trinajstić information content (AvgIpc) is 3.38. The van der Waals surface area contributed by atoms with Crippen molar-refractivity contribution in [3.8, 4) is 11.5 Å². The second-order valence-electron chi connectivity index (χ2n) is 7.97. The fraction of sp³-hybridized carbons (Fsp3) is 0.0714. The lowest BCUT2D eigenvalue weighted by Crippen LogP contribution is -2.22. The van der Waals surface area contributed by atoms with E-state index in [0.717, 1.165) is 27.5 Å². The summed E-state index contributed by atoms with van der Waals surface area (Å²) in [6, 6.07) is 27.8. The van der Waals surface area contributed by atoms with Gasteiger partial charge in [-0.25, -0.2) is 9.38 Å². The molecule has 0 unspecified atom stereocenters. The van der Waals surface area contributed by atoms with Crippen LogP contribution in [0, 0.1) is 0 Å². The summed E-state index contributed by atoms with van der Waals surface area (Å²) >= 11 is 1.38. The number of hydrogen-bond donors (Lipinski definition) is 0. The van der Waals surface area contributed by atoms with Gasteiger partial charge in [-0.05, 0) is 52.2 Å². The molecule has 0 saturated carbocycles. The Bertz CT molecular complexity index is 1780. The number of fused-ring (bicyclic) bond motifs is 4. The van der Waals surface area contributed by atoms with Gasteiger partial charge in [0.15, 0.2) is 16.5 Å². The van der Waals surface area contributed by atoms with Crippen molar-refractivity contribution in [1.29, 1.82) is 0 Å². The van der Waals surface area contributed by atoms with E-state index in [1.807, 2.05) is 66.7 Å². The molecule has 6 rings (SSSR count). The molecule has 2 heterocycles. The largest absolute Gasteiger partial charge is 0.493 e. The number of thiazole rings is 1. The van der Waals surface area contributed by atoms with Gasteiger partial charge in [0, 0.05) is 0 Å². The quantitative estimate of drug-likeness (QED) is 0.352. The Balaban J connectivity index is 1.37. The number of methoxy groups -OCH3 is 1. The Labute approximate surface area is 199 Å². The number of hydrogen-bond acceptors (Lipinski definition) is 5. The molecule has 0 amide bonds. The maximum absolute atomic E-state index is 13.1. The van der Waals surface area contributed by atoms with Crippen LogP contribution >= 0.6 is 11.3 Å². The van der Waals surface area contributed by atoms with Gasteiger partial charge in [0.2, 0.25) is 0 Å². The summed E-state index contributed by atoms with van der Waals surface area (Å²) in [5.74, 6) is 1.27. The van der Waals surface area contributed by atoms with E-state index in [1.54, 1.807) is 11.5 Å². The number of benzene rings is 4. The lowest BCUT2D eigenvalue weighted by Gasteiger charge is -2.13. The molecule has 6 aromatic rings. The maximum atomic E-state index is 13.1. The Morgan fingerprint density at radius 1 is 0.941 bits per heavy atom. The summed E-state index contributed by atoms with van der Waals surface area (Å²) in [4.78, 5) is 18.4. The molecule has 5 nitrogen and oxygen atoms in total. The number of nitrogens with zero attached hydrogens (tertiary/aromatic N) is 2. The van der Waals surface area contributed by atoms with E-state index in [-0.39, 0.29) is 5.56 Å². The minimum absolute atomic E-state index is 0.0669. The van der Waals surface area contributed by atoms with Gasteiger partial charge < -0.3 is 9.47 Å². The van der Waals surface area contributed by atoms with E-state index < -0.39 is 0 Å². The smallest absolute Gasteiger partial charge is 0.274 e. The van der Waals surface area contributed by atoms with Crippen molar-refractivity contribution in [2.45, 2.75) is 6.61 Å². The molecule has 166 valence electrons. The molecule has 0 radical (unpaired) electrons. The standard InChI is InChI=1S/C28H20N2O3S/c1-32-24-14-13-18(15-25(24)33-17-20-9-6-8-19-7-2-3-10-21(19)20)16-26-27(31)30-23-12-5-4-11-22(23)29-28(30)34-26/h2-16H,17H2,1H3/b26-16-. The van der Waals surface area contributed by atoms with Gasteiger partial charge >= 0.3 is 0 Å². The third-order valence-corrected chi connectivity index (χ3v) is 6.86. The molecule has 0 fully saturated rings. The van der Waals surface area contributed by atoms with Crippen LogP contribution in [0.15, 0.2) is 89.7 Å². The molecule has 0 bridgehead atoms. The van der Waals surface area contributed by atoms with Crippen LogP contribution in [0.25, 0.3) is 32.8 Å². The fourth-order valence-corrected chi connectivity index (χ4v) is 5.22. The first-order valence-electron chi connectivity index (χ1n) is 10.9. The van der Waals surface area contributed by atoms with Crippen LogP contribution in [-0.2, 0) is 6.61 Å². The molecule has 0 N–H and O–H groups in total. The molecule has 0 spiro atoms. The Morgan fingerprint density at radius 2 is 1.76 bits per heavy atom. The predicted octanol–water partition coefficient (Wildman–Crippen LogP) is 5.20. The van der Waals surface area contributed by atoms with Crippen LogP contribution in [0.4, 0.5) is 0 Å². The van der Waals surface area contributed by atoms with Crippen molar-refractivity contribution in [1.82, 2.24) is 9.38 Å². The van der Waals surface area contributed by atoms with Crippen molar-refractivity contribution < 1.29 is 9.47 Å². The van der Waals surface area contributed by atoms with Gasteiger partial charge in [-0.1, -0.05) is 72.0 Å². The molecule has 2 aromatic heterocycles. The van der Waals surface area contributed by atoms with Crippen molar-refractivity contribution >= 4 is 44.2 Å². The monoisotopic (exact) mass is 464 g/mol. The van der Waals surface area contributed by atoms with E-state index in [2.05, 4.69) is 29.2 Å². The number of aromatic nitrogens is 2. The van der Waals surface area contributed by atoms with Crippen molar-refractivity contribution in [2.75, 3.05) is 7.11 Å². The van der Waals surface area contributed by atoms with Gasteiger partial charge in [0.1, 0.15) is 6.61 Å². The third kappa shape index (κ3) is 3.49. The zero-order valence-electron chi connectivity index (χ0n) is 18.4. The zero-order valence-corrected chi connectivity index (χ0v) is 19.2. The summed E-state index contributed by atoms with van der Waals surface area (Å²) in [7, 11) is 1.62. The van der Waals surface area contributed by atoms with Crippen LogP contribution in [0.5, 0.6) is 11.5 Å². The number of imidazole rings is 1. The maximum Gasteiger partial charge on any atom is 0.274 e. The van der Waals surface area contributed by atoms with Crippen molar-refractivity contribution in [2.24, 2.45) is 0 Å². The van der Waals surface area contributed by atoms with Gasteiger partial charge in [-0.15, -0.1) is 0 Å². The average molecular weight is 465 g/mol. The highest BCUT2D eigenvalue weighted by atomic mass is 32.1. The molecular formula is C28H20N2O3S. The minimum atomic E-state index is -0.0669.